The zero-order valence-electron chi connectivity index (χ0n) is 9.38. The topological polar surface area (TPSA) is 29.1 Å². The molecule has 0 aromatic carbocycles. The van der Waals surface area contributed by atoms with Crippen LogP contribution >= 0.6 is 0 Å². The van der Waals surface area contributed by atoms with Gasteiger partial charge in [0.2, 0.25) is 0 Å². The molecule has 0 heterocycles. The van der Waals surface area contributed by atoms with Crippen LogP contribution < -0.4 is 4.72 Å². The summed E-state index contributed by atoms with van der Waals surface area (Å²) in [6.45, 7) is 9.72. The molecule has 0 aliphatic heterocycles. The summed E-state index contributed by atoms with van der Waals surface area (Å²) in [4.78, 5) is 0. The van der Waals surface area contributed by atoms with E-state index in [1.165, 1.54) is 12.8 Å². The van der Waals surface area contributed by atoms with E-state index in [1.807, 2.05) is 26.8 Å². The molecule has 82 valence electrons. The lowest BCUT2D eigenvalue weighted by Crippen LogP contribution is -2.40. The summed E-state index contributed by atoms with van der Waals surface area (Å²) in [7, 11) is -0.947. The molecule has 0 bridgehead atoms. The summed E-state index contributed by atoms with van der Waals surface area (Å²) in [5, 5.41) is 0. The third-order valence-electron chi connectivity index (χ3n) is 2.43. The number of nitrogens with one attached hydrogen (secondary N) is 1. The summed E-state index contributed by atoms with van der Waals surface area (Å²) >= 11 is 0. The van der Waals surface area contributed by atoms with Crippen LogP contribution in [0.3, 0.4) is 0 Å². The second-order valence-electron chi connectivity index (χ2n) is 4.97. The normalized spacial score (nSPS) is 21.6. The van der Waals surface area contributed by atoms with Crippen molar-refractivity contribution < 1.29 is 4.21 Å². The van der Waals surface area contributed by atoms with Crippen LogP contribution in [0.4, 0.5) is 0 Å². The lowest BCUT2D eigenvalue weighted by atomic mass is 10.1. The second kappa shape index (κ2) is 4.58. The Balaban J connectivity index is 2.46. The van der Waals surface area contributed by atoms with Crippen LogP contribution in [-0.4, -0.2) is 15.0 Å². The van der Waals surface area contributed by atoms with Crippen molar-refractivity contribution >= 4 is 11.0 Å². The molecular formula is C11H21NOS. The third kappa shape index (κ3) is 3.54. The minimum Gasteiger partial charge on any atom is -0.242 e. The van der Waals surface area contributed by atoms with Gasteiger partial charge in [-0.25, -0.2) is 8.93 Å². The van der Waals surface area contributed by atoms with E-state index < -0.39 is 11.0 Å². The minimum absolute atomic E-state index is 0.172. The van der Waals surface area contributed by atoms with Crippen LogP contribution in [0.1, 0.15) is 40.0 Å². The number of hydrogen-bond acceptors (Lipinski definition) is 1. The first-order valence-electron chi connectivity index (χ1n) is 5.24. The van der Waals surface area contributed by atoms with Gasteiger partial charge in [-0.05, 0) is 46.0 Å². The summed E-state index contributed by atoms with van der Waals surface area (Å²) in [5.74, 6) is 0.722. The zero-order valence-corrected chi connectivity index (χ0v) is 10.2. The van der Waals surface area contributed by atoms with E-state index in [4.69, 9.17) is 0 Å². The van der Waals surface area contributed by atoms with Crippen LogP contribution in [0.25, 0.3) is 0 Å². The summed E-state index contributed by atoms with van der Waals surface area (Å²) < 4.78 is 14.9. The predicted octanol–water partition coefficient (Wildman–Crippen LogP) is 2.39. The molecule has 0 amide bonds. The van der Waals surface area contributed by atoms with Crippen LogP contribution in [0.15, 0.2) is 12.7 Å². The van der Waals surface area contributed by atoms with E-state index in [2.05, 4.69) is 11.3 Å². The van der Waals surface area contributed by atoms with E-state index in [0.717, 1.165) is 12.3 Å². The van der Waals surface area contributed by atoms with Crippen molar-refractivity contribution in [2.75, 3.05) is 0 Å². The molecule has 0 aromatic heterocycles. The molecule has 3 heteroatoms. The van der Waals surface area contributed by atoms with Crippen molar-refractivity contribution in [2.45, 2.75) is 50.8 Å². The molecule has 2 nitrogen and oxygen atoms in total. The monoisotopic (exact) mass is 215 g/mol. The van der Waals surface area contributed by atoms with E-state index in [9.17, 15) is 4.21 Å². The molecular weight excluding hydrogens is 194 g/mol. The Hall–Kier alpha value is -0.150. The largest absolute Gasteiger partial charge is 0.242 e. The average molecular weight is 215 g/mol. The fourth-order valence-corrected chi connectivity index (χ4v) is 2.25. The minimum atomic E-state index is -0.947. The van der Waals surface area contributed by atoms with Crippen LogP contribution in [0, 0.1) is 5.92 Å². The van der Waals surface area contributed by atoms with Gasteiger partial charge in [0, 0.05) is 6.04 Å². The fourth-order valence-electron chi connectivity index (χ4n) is 1.33. The smallest absolute Gasteiger partial charge is 0.0972 e. The summed E-state index contributed by atoms with van der Waals surface area (Å²) in [6, 6.07) is 0.368. The van der Waals surface area contributed by atoms with Crippen molar-refractivity contribution in [2.24, 2.45) is 5.92 Å². The summed E-state index contributed by atoms with van der Waals surface area (Å²) in [6.07, 6.45) is 5.38. The number of rotatable bonds is 5. The Kier molecular flexibility index (Phi) is 3.90. The molecule has 1 rings (SSSR count). The Morgan fingerprint density at radius 2 is 2.14 bits per heavy atom. The first kappa shape index (κ1) is 11.9. The van der Waals surface area contributed by atoms with Crippen LogP contribution in [0.2, 0.25) is 0 Å². The molecule has 1 N–H and O–H groups in total. The molecule has 1 aliphatic carbocycles. The van der Waals surface area contributed by atoms with E-state index in [1.54, 1.807) is 0 Å². The van der Waals surface area contributed by atoms with E-state index >= 15 is 0 Å². The van der Waals surface area contributed by atoms with Crippen molar-refractivity contribution in [1.29, 1.82) is 0 Å². The van der Waals surface area contributed by atoms with Gasteiger partial charge in [-0.2, -0.15) is 0 Å². The van der Waals surface area contributed by atoms with Gasteiger partial charge < -0.3 is 0 Å². The highest BCUT2D eigenvalue weighted by atomic mass is 32.2. The Morgan fingerprint density at radius 1 is 1.57 bits per heavy atom. The van der Waals surface area contributed by atoms with Gasteiger partial charge in [0.25, 0.3) is 0 Å². The van der Waals surface area contributed by atoms with Gasteiger partial charge >= 0.3 is 0 Å². The third-order valence-corrected chi connectivity index (χ3v) is 4.06. The first-order chi connectivity index (χ1) is 6.45. The van der Waals surface area contributed by atoms with Crippen molar-refractivity contribution in [3.8, 4) is 0 Å². The molecule has 0 spiro atoms. The van der Waals surface area contributed by atoms with E-state index in [0.29, 0.717) is 6.04 Å². The predicted molar refractivity (Wildman–Crippen MR) is 62.4 cm³/mol. The molecule has 1 aliphatic rings. The summed E-state index contributed by atoms with van der Waals surface area (Å²) in [5.41, 5.74) is 0. The van der Waals surface area contributed by atoms with Gasteiger partial charge in [0.05, 0.1) is 15.7 Å². The molecule has 1 saturated carbocycles. The SMILES string of the molecule is C=CC[C@@H](NS(=O)C(C)(C)C)C1CC1. The van der Waals surface area contributed by atoms with Gasteiger partial charge in [-0.15, -0.1) is 6.58 Å². The quantitative estimate of drug-likeness (QED) is 0.701. The molecule has 1 unspecified atom stereocenters. The molecule has 1 fully saturated rings. The van der Waals surface area contributed by atoms with E-state index in [-0.39, 0.29) is 4.75 Å². The highest BCUT2D eigenvalue weighted by Gasteiger charge is 2.33. The molecule has 0 radical (unpaired) electrons. The molecule has 2 atom stereocenters. The zero-order chi connectivity index (χ0) is 10.8. The molecule has 14 heavy (non-hydrogen) atoms. The molecule has 0 saturated heterocycles. The fraction of sp³-hybridized carbons (Fsp3) is 0.818. The highest BCUT2D eigenvalue weighted by Crippen LogP contribution is 2.34. The van der Waals surface area contributed by atoms with Crippen LogP contribution in [0.5, 0.6) is 0 Å². The Bertz CT molecular complexity index is 228. The van der Waals surface area contributed by atoms with Gasteiger partial charge in [0.15, 0.2) is 0 Å². The van der Waals surface area contributed by atoms with Gasteiger partial charge in [-0.3, -0.25) is 0 Å². The Morgan fingerprint density at radius 3 is 2.50 bits per heavy atom. The molecule has 0 aromatic rings. The van der Waals surface area contributed by atoms with Gasteiger partial charge in [-0.1, -0.05) is 6.08 Å². The maximum Gasteiger partial charge on any atom is 0.0972 e. The Labute approximate surface area is 89.8 Å². The maximum absolute atomic E-state index is 11.8. The first-order valence-corrected chi connectivity index (χ1v) is 6.39. The number of hydrogen-bond donors (Lipinski definition) is 1. The second-order valence-corrected chi connectivity index (χ2v) is 6.97. The van der Waals surface area contributed by atoms with Crippen molar-refractivity contribution in [3.63, 3.8) is 0 Å². The lowest BCUT2D eigenvalue weighted by Gasteiger charge is -2.23. The van der Waals surface area contributed by atoms with Crippen molar-refractivity contribution in [3.05, 3.63) is 12.7 Å². The average Bonchev–Trinajstić information content (AvgIpc) is 2.83. The van der Waals surface area contributed by atoms with Crippen molar-refractivity contribution in [1.82, 2.24) is 4.72 Å². The lowest BCUT2D eigenvalue weighted by molar-refractivity contribution is 0.538. The maximum atomic E-state index is 11.8. The van der Waals surface area contributed by atoms with Gasteiger partial charge in [0.1, 0.15) is 0 Å². The standard InChI is InChI=1S/C11H21NOS/c1-5-6-10(9-7-8-9)12-14(13)11(2,3)4/h5,9-10,12H,1,6-8H2,2-4H3/t10-,14?/m1/s1. The highest BCUT2D eigenvalue weighted by molar-refractivity contribution is 7.84. The van der Waals surface area contributed by atoms with Crippen LogP contribution in [-0.2, 0) is 11.0 Å².